The number of rotatable bonds is 6. The topological polar surface area (TPSA) is 141 Å². The molecule has 0 rings (SSSR count). The third-order valence-corrected chi connectivity index (χ3v) is 3.16. The maximum absolute atomic E-state index is 11.6. The van der Waals surface area contributed by atoms with Crippen LogP contribution in [0.2, 0.25) is 0 Å². The highest BCUT2D eigenvalue weighted by atomic mass is 80.0. The maximum Gasteiger partial charge on any atom is 0.238 e. The number of aliphatic hydroxyl groups excluding tert-OH is 4. The van der Waals surface area contributed by atoms with Crippen LogP contribution in [0.4, 0.5) is 0 Å². The first-order chi connectivity index (χ1) is 8.03. The molecule has 0 fully saturated rings. The van der Waals surface area contributed by atoms with Crippen molar-refractivity contribution in [2.24, 2.45) is 5.73 Å². The van der Waals surface area contributed by atoms with Crippen molar-refractivity contribution in [2.45, 2.75) is 26.5 Å². The SMILES string of the molecule is N[C@@H](C(=O)C(=O)C(Br)(Br)Br)[C@@H](O)[C@H](O)[C@H](O)CO. The normalized spacial score (nSPS) is 18.9. The summed E-state index contributed by atoms with van der Waals surface area (Å²) in [6.07, 6.45) is -5.41. The van der Waals surface area contributed by atoms with Crippen molar-refractivity contribution >= 4 is 59.4 Å². The van der Waals surface area contributed by atoms with Gasteiger partial charge in [0.25, 0.3) is 0 Å². The van der Waals surface area contributed by atoms with Gasteiger partial charge in [0.2, 0.25) is 11.6 Å². The van der Waals surface area contributed by atoms with E-state index in [-0.39, 0.29) is 0 Å². The van der Waals surface area contributed by atoms with Gasteiger partial charge in [0.15, 0.2) is 2.14 Å². The van der Waals surface area contributed by atoms with Crippen molar-refractivity contribution < 1.29 is 30.0 Å². The molecule has 0 amide bonds. The monoisotopic (exact) mass is 455 g/mol. The number of Topliss-reactive ketones (excluding diaryl/α,β-unsaturated/α-hetero) is 2. The Bertz CT molecular complexity index is 320. The number of hydrogen-bond donors (Lipinski definition) is 5. The molecule has 4 atom stereocenters. The van der Waals surface area contributed by atoms with E-state index in [1.165, 1.54) is 0 Å². The second kappa shape index (κ2) is 7.39. The summed E-state index contributed by atoms with van der Waals surface area (Å²) in [4.78, 5) is 23.1. The lowest BCUT2D eigenvalue weighted by Crippen LogP contribution is -2.55. The van der Waals surface area contributed by atoms with Crippen LogP contribution in [0.25, 0.3) is 0 Å². The minimum absolute atomic E-state index is 0.827. The Balaban J connectivity index is 4.80. The number of aliphatic hydroxyl groups is 4. The molecule has 0 aromatic carbocycles. The zero-order valence-electron chi connectivity index (χ0n) is 8.83. The van der Waals surface area contributed by atoms with Gasteiger partial charge in [-0.1, -0.05) is 47.8 Å². The van der Waals surface area contributed by atoms with E-state index in [1.807, 2.05) is 0 Å². The summed E-state index contributed by atoms with van der Waals surface area (Å²) in [5.41, 5.74) is 5.32. The Hall–Kier alpha value is 0.580. The van der Waals surface area contributed by atoms with Crippen molar-refractivity contribution in [3.05, 3.63) is 0 Å². The van der Waals surface area contributed by atoms with Crippen molar-refractivity contribution in [3.8, 4) is 0 Å². The summed E-state index contributed by atoms with van der Waals surface area (Å²) in [6.45, 7) is -0.827. The van der Waals surface area contributed by atoms with Crippen LogP contribution in [-0.2, 0) is 9.59 Å². The largest absolute Gasteiger partial charge is 0.394 e. The highest BCUT2D eigenvalue weighted by Crippen LogP contribution is 2.35. The maximum atomic E-state index is 11.6. The van der Waals surface area contributed by atoms with Gasteiger partial charge in [0.1, 0.15) is 24.4 Å². The molecular formula is C8H12Br3NO6. The van der Waals surface area contributed by atoms with E-state index in [1.54, 1.807) is 0 Å². The Morgan fingerprint density at radius 2 is 1.56 bits per heavy atom. The van der Waals surface area contributed by atoms with Crippen molar-refractivity contribution in [2.75, 3.05) is 6.61 Å². The summed E-state index contributed by atoms with van der Waals surface area (Å²) >= 11 is 8.45. The summed E-state index contributed by atoms with van der Waals surface area (Å²) in [7, 11) is 0. The third kappa shape index (κ3) is 4.93. The predicted molar refractivity (Wildman–Crippen MR) is 72.6 cm³/mol. The molecule has 0 saturated heterocycles. The minimum Gasteiger partial charge on any atom is -0.394 e. The first kappa shape index (κ1) is 18.6. The second-order valence-corrected chi connectivity index (χ2v) is 10.2. The summed E-state index contributed by atoms with van der Waals surface area (Å²) in [5, 5.41) is 36.5. The average molecular weight is 458 g/mol. The van der Waals surface area contributed by atoms with Gasteiger partial charge in [-0.25, -0.2) is 0 Å². The minimum atomic E-state index is -1.89. The van der Waals surface area contributed by atoms with E-state index in [0.29, 0.717) is 0 Å². The van der Waals surface area contributed by atoms with Crippen molar-refractivity contribution in [3.63, 3.8) is 0 Å². The van der Waals surface area contributed by atoms with E-state index >= 15 is 0 Å². The molecule has 0 unspecified atom stereocenters. The molecule has 0 bridgehead atoms. The molecule has 0 radical (unpaired) electrons. The van der Waals surface area contributed by atoms with Gasteiger partial charge in [0, 0.05) is 0 Å². The fourth-order valence-electron chi connectivity index (χ4n) is 0.994. The molecule has 0 spiro atoms. The fourth-order valence-corrected chi connectivity index (χ4v) is 1.58. The number of carbonyl (C=O) groups excluding carboxylic acids is 2. The fraction of sp³-hybridized carbons (Fsp3) is 0.750. The highest BCUT2D eigenvalue weighted by Gasteiger charge is 2.41. The van der Waals surface area contributed by atoms with Crippen LogP contribution >= 0.6 is 47.8 Å². The Kier molecular flexibility index (Phi) is 7.62. The zero-order chi connectivity index (χ0) is 14.7. The van der Waals surface area contributed by atoms with Gasteiger partial charge < -0.3 is 26.2 Å². The molecule has 0 aliphatic carbocycles. The van der Waals surface area contributed by atoms with E-state index in [9.17, 15) is 19.8 Å². The van der Waals surface area contributed by atoms with Crippen LogP contribution < -0.4 is 5.73 Å². The molecule has 0 aromatic heterocycles. The molecule has 0 aromatic rings. The number of alkyl halides is 3. The van der Waals surface area contributed by atoms with Crippen LogP contribution in [0.3, 0.4) is 0 Å². The molecule has 0 aliphatic rings. The summed E-state index contributed by atoms with van der Waals surface area (Å²) < 4.78 is -1.51. The number of ketones is 2. The number of nitrogens with two attached hydrogens (primary N) is 1. The lowest BCUT2D eigenvalue weighted by Gasteiger charge is -2.25. The predicted octanol–water partition coefficient (Wildman–Crippen LogP) is -1.63. The van der Waals surface area contributed by atoms with Gasteiger partial charge in [-0.2, -0.15) is 0 Å². The highest BCUT2D eigenvalue weighted by molar-refractivity contribution is 9.40. The summed E-state index contributed by atoms with van der Waals surface area (Å²) in [6, 6.07) is -1.74. The number of halogens is 3. The first-order valence-electron chi connectivity index (χ1n) is 4.60. The van der Waals surface area contributed by atoms with Crippen LogP contribution in [-0.4, -0.2) is 65.1 Å². The molecule has 7 nitrogen and oxygen atoms in total. The Morgan fingerprint density at radius 1 is 1.11 bits per heavy atom. The number of hydrogen-bond acceptors (Lipinski definition) is 7. The third-order valence-electron chi connectivity index (χ3n) is 2.08. The van der Waals surface area contributed by atoms with Gasteiger partial charge in [-0.3, -0.25) is 9.59 Å². The standard InChI is InChI=1S/C8H12Br3NO6/c9-8(10,11)7(18)6(17)3(12)5(16)4(15)2(14)1-13/h2-5,13-16H,1,12H2/t2-,3-,4-,5-/m1/s1. The number of carbonyl (C=O) groups is 2. The van der Waals surface area contributed by atoms with Crippen LogP contribution in [0.15, 0.2) is 0 Å². The molecule has 10 heteroatoms. The molecule has 106 valence electrons. The molecule has 0 saturated carbocycles. The lowest BCUT2D eigenvalue weighted by atomic mass is 9.97. The summed E-state index contributed by atoms with van der Waals surface area (Å²) in [5.74, 6) is -2.20. The molecular weight excluding hydrogens is 446 g/mol. The van der Waals surface area contributed by atoms with Crippen molar-refractivity contribution in [1.82, 2.24) is 0 Å². The smallest absolute Gasteiger partial charge is 0.238 e. The van der Waals surface area contributed by atoms with Crippen LogP contribution in [0.1, 0.15) is 0 Å². The molecule has 0 aliphatic heterocycles. The van der Waals surface area contributed by atoms with E-state index in [2.05, 4.69) is 47.8 Å². The van der Waals surface area contributed by atoms with Crippen LogP contribution in [0, 0.1) is 0 Å². The molecule has 6 N–H and O–H groups in total. The Labute approximate surface area is 128 Å². The quantitative estimate of drug-likeness (QED) is 0.238. The van der Waals surface area contributed by atoms with Gasteiger partial charge in [-0.15, -0.1) is 0 Å². The van der Waals surface area contributed by atoms with E-state index in [0.717, 1.165) is 0 Å². The lowest BCUT2D eigenvalue weighted by molar-refractivity contribution is -0.141. The van der Waals surface area contributed by atoms with Gasteiger partial charge in [0.05, 0.1) is 6.61 Å². The van der Waals surface area contributed by atoms with E-state index < -0.39 is 44.7 Å². The second-order valence-electron chi connectivity index (χ2n) is 3.45. The molecule has 18 heavy (non-hydrogen) atoms. The van der Waals surface area contributed by atoms with Gasteiger partial charge in [-0.05, 0) is 0 Å². The zero-order valence-corrected chi connectivity index (χ0v) is 13.6. The first-order valence-corrected chi connectivity index (χ1v) is 6.98. The Morgan fingerprint density at radius 3 is 1.89 bits per heavy atom. The van der Waals surface area contributed by atoms with Crippen molar-refractivity contribution in [1.29, 1.82) is 0 Å². The van der Waals surface area contributed by atoms with E-state index in [4.69, 9.17) is 15.9 Å². The van der Waals surface area contributed by atoms with Gasteiger partial charge >= 0.3 is 0 Å². The average Bonchev–Trinajstić information content (AvgIpc) is 2.31. The van der Waals surface area contributed by atoms with Crippen LogP contribution in [0.5, 0.6) is 0 Å². The molecule has 0 heterocycles.